The maximum atomic E-state index is 13.1. The Balaban J connectivity index is 1.99. The minimum atomic E-state index is -3.84. The van der Waals surface area contributed by atoms with Gasteiger partial charge in [0.2, 0.25) is 5.91 Å². The third kappa shape index (κ3) is 4.42. The molecule has 0 bridgehead atoms. The lowest BCUT2D eigenvalue weighted by atomic mass is 9.92. The van der Waals surface area contributed by atoms with E-state index in [2.05, 4.69) is 4.72 Å². The average molecular weight is 451 g/mol. The number of hydrogen-bond acceptors (Lipinski definition) is 4. The highest BCUT2D eigenvalue weighted by atomic mass is 35.5. The van der Waals surface area contributed by atoms with Gasteiger partial charge >= 0.3 is 0 Å². The van der Waals surface area contributed by atoms with Crippen molar-refractivity contribution in [3.05, 3.63) is 47.0 Å². The van der Waals surface area contributed by atoms with Crippen molar-refractivity contribution in [1.29, 1.82) is 0 Å². The molecule has 0 radical (unpaired) electrons. The molecule has 2 aromatic carbocycles. The molecule has 1 N–H and O–H groups in total. The van der Waals surface area contributed by atoms with Gasteiger partial charge in [-0.1, -0.05) is 31.5 Å². The summed E-state index contributed by atoms with van der Waals surface area (Å²) >= 11 is 6.08. The lowest BCUT2D eigenvalue weighted by Gasteiger charge is -2.29. The zero-order valence-electron chi connectivity index (χ0n) is 17.8. The Morgan fingerprint density at radius 3 is 2.60 bits per heavy atom. The molecule has 0 aliphatic carbocycles. The Bertz CT molecular complexity index is 1080. The monoisotopic (exact) mass is 450 g/mol. The van der Waals surface area contributed by atoms with Crippen molar-refractivity contribution in [3.8, 4) is 5.75 Å². The van der Waals surface area contributed by atoms with Crippen LogP contribution in [0.15, 0.2) is 41.3 Å². The van der Waals surface area contributed by atoms with E-state index in [0.717, 1.165) is 0 Å². The van der Waals surface area contributed by atoms with Crippen molar-refractivity contribution in [2.24, 2.45) is 11.3 Å². The number of halogens is 1. The van der Waals surface area contributed by atoms with Gasteiger partial charge in [0.15, 0.2) is 0 Å². The number of amides is 1. The number of ether oxygens (including phenoxy) is 1. The average Bonchev–Trinajstić information content (AvgIpc) is 2.73. The number of sulfonamides is 1. The van der Waals surface area contributed by atoms with E-state index in [9.17, 15) is 13.2 Å². The predicted octanol–water partition coefficient (Wildman–Crippen LogP) is 4.86. The van der Waals surface area contributed by atoms with Gasteiger partial charge < -0.3 is 9.64 Å². The molecule has 162 valence electrons. The maximum Gasteiger partial charge on any atom is 0.262 e. The van der Waals surface area contributed by atoms with Crippen LogP contribution >= 0.6 is 11.6 Å². The van der Waals surface area contributed by atoms with Gasteiger partial charge in [-0.25, -0.2) is 8.42 Å². The van der Waals surface area contributed by atoms with Crippen molar-refractivity contribution in [2.75, 3.05) is 22.8 Å². The molecular formula is C22H27ClN2O4S. The minimum absolute atomic E-state index is 0.0159. The third-order valence-corrected chi connectivity index (χ3v) is 6.91. The molecule has 0 atom stereocenters. The topological polar surface area (TPSA) is 75.7 Å². The van der Waals surface area contributed by atoms with Crippen LogP contribution < -0.4 is 14.4 Å². The fourth-order valence-electron chi connectivity index (χ4n) is 3.35. The zero-order chi connectivity index (χ0) is 22.3. The Kier molecular flexibility index (Phi) is 6.07. The Morgan fingerprint density at radius 2 is 1.93 bits per heavy atom. The molecule has 1 heterocycles. The number of rotatable bonds is 5. The summed E-state index contributed by atoms with van der Waals surface area (Å²) < 4.78 is 34.3. The normalized spacial score (nSPS) is 16.1. The van der Waals surface area contributed by atoms with Crippen LogP contribution in [-0.2, 0) is 14.8 Å². The molecule has 1 amide bonds. The van der Waals surface area contributed by atoms with Crippen LogP contribution in [0, 0.1) is 18.3 Å². The van der Waals surface area contributed by atoms with Crippen molar-refractivity contribution in [1.82, 2.24) is 0 Å². The van der Waals surface area contributed by atoms with Crippen molar-refractivity contribution in [3.63, 3.8) is 0 Å². The van der Waals surface area contributed by atoms with Crippen LogP contribution in [0.1, 0.15) is 33.3 Å². The lowest BCUT2D eigenvalue weighted by Crippen LogP contribution is -2.43. The predicted molar refractivity (Wildman–Crippen MR) is 120 cm³/mol. The Morgan fingerprint density at radius 1 is 1.23 bits per heavy atom. The first kappa shape index (κ1) is 22.4. The van der Waals surface area contributed by atoms with Crippen LogP contribution in [0.2, 0.25) is 5.02 Å². The lowest BCUT2D eigenvalue weighted by molar-refractivity contribution is -0.127. The van der Waals surface area contributed by atoms with Gasteiger partial charge in [-0.3, -0.25) is 9.52 Å². The fraction of sp³-hybridized carbons (Fsp3) is 0.409. The van der Waals surface area contributed by atoms with Crippen molar-refractivity contribution in [2.45, 2.75) is 39.5 Å². The number of fused-ring (bicyclic) bond motifs is 1. The van der Waals surface area contributed by atoms with Crippen LogP contribution in [0.4, 0.5) is 11.4 Å². The van der Waals surface area contributed by atoms with E-state index in [1.54, 1.807) is 42.2 Å². The fourth-order valence-corrected chi connectivity index (χ4v) is 4.89. The number of carbonyl (C=O) groups is 1. The molecule has 0 spiro atoms. The number of anilines is 2. The molecular weight excluding hydrogens is 424 g/mol. The van der Waals surface area contributed by atoms with Crippen molar-refractivity contribution < 1.29 is 17.9 Å². The van der Waals surface area contributed by atoms with Gasteiger partial charge in [0.05, 0.1) is 21.7 Å². The van der Waals surface area contributed by atoms with E-state index in [4.69, 9.17) is 16.3 Å². The minimum Gasteiger partial charge on any atom is -0.490 e. The van der Waals surface area contributed by atoms with Gasteiger partial charge in [-0.2, -0.15) is 0 Å². The SMILES string of the molecule is Cc1c(Cl)cccc1S(=O)(=O)Nc1ccc2c(c1)OCC(C)(C)C(=O)N2CC(C)C. The molecule has 8 heteroatoms. The molecule has 30 heavy (non-hydrogen) atoms. The summed E-state index contributed by atoms with van der Waals surface area (Å²) in [5.41, 5.74) is 0.782. The summed E-state index contributed by atoms with van der Waals surface area (Å²) in [5, 5.41) is 0.383. The van der Waals surface area contributed by atoms with E-state index in [1.165, 1.54) is 6.07 Å². The molecule has 0 saturated carbocycles. The Labute approximate surface area is 183 Å². The van der Waals surface area contributed by atoms with E-state index in [-0.39, 0.29) is 23.3 Å². The first-order valence-corrected chi connectivity index (χ1v) is 11.7. The number of hydrogen-bond donors (Lipinski definition) is 1. The summed E-state index contributed by atoms with van der Waals surface area (Å²) in [6.45, 7) is 10.2. The maximum absolute atomic E-state index is 13.1. The molecule has 2 aromatic rings. The van der Waals surface area contributed by atoms with Crippen LogP contribution in [0.5, 0.6) is 5.75 Å². The van der Waals surface area contributed by atoms with Crippen molar-refractivity contribution >= 4 is 38.9 Å². The third-order valence-electron chi connectivity index (χ3n) is 4.97. The van der Waals surface area contributed by atoms with E-state index in [0.29, 0.717) is 34.3 Å². The van der Waals surface area contributed by atoms with Crippen LogP contribution in [0.25, 0.3) is 0 Å². The van der Waals surface area contributed by atoms with Gasteiger partial charge in [0.25, 0.3) is 10.0 Å². The second kappa shape index (κ2) is 8.12. The molecule has 0 unspecified atom stereocenters. The second-order valence-electron chi connectivity index (χ2n) is 8.63. The zero-order valence-corrected chi connectivity index (χ0v) is 19.4. The number of benzene rings is 2. The van der Waals surface area contributed by atoms with Crippen LogP contribution in [0.3, 0.4) is 0 Å². The van der Waals surface area contributed by atoms with Gasteiger partial charge in [-0.05, 0) is 56.5 Å². The van der Waals surface area contributed by atoms with Crippen LogP contribution in [-0.4, -0.2) is 27.5 Å². The molecule has 0 saturated heterocycles. The number of carbonyl (C=O) groups excluding carboxylic acids is 1. The summed E-state index contributed by atoms with van der Waals surface area (Å²) in [5.74, 6) is 0.718. The van der Waals surface area contributed by atoms with E-state index in [1.807, 2.05) is 27.7 Å². The van der Waals surface area contributed by atoms with E-state index < -0.39 is 15.4 Å². The van der Waals surface area contributed by atoms with Gasteiger partial charge in [0.1, 0.15) is 12.4 Å². The Hall–Kier alpha value is -2.25. The molecule has 0 fully saturated rings. The summed E-state index contributed by atoms with van der Waals surface area (Å²) in [7, 11) is -3.84. The summed E-state index contributed by atoms with van der Waals surface area (Å²) in [4.78, 5) is 14.9. The number of nitrogens with one attached hydrogen (secondary N) is 1. The highest BCUT2D eigenvalue weighted by Crippen LogP contribution is 2.39. The molecule has 1 aliphatic rings. The highest BCUT2D eigenvalue weighted by molar-refractivity contribution is 7.92. The summed E-state index contributed by atoms with van der Waals surface area (Å²) in [6.07, 6.45) is 0. The standard InChI is InChI=1S/C22H27ClN2O4S/c1-14(2)12-25-18-10-9-16(11-19(18)29-13-22(4,5)21(25)26)24-30(27,28)20-8-6-7-17(23)15(20)3/h6-11,14,24H,12-13H2,1-5H3. The molecule has 0 aromatic heterocycles. The smallest absolute Gasteiger partial charge is 0.262 e. The van der Waals surface area contributed by atoms with Gasteiger partial charge in [0, 0.05) is 17.6 Å². The first-order valence-electron chi connectivity index (χ1n) is 9.79. The quantitative estimate of drug-likeness (QED) is 0.705. The molecule has 6 nitrogen and oxygen atoms in total. The molecule has 1 aliphatic heterocycles. The number of nitrogens with zero attached hydrogens (tertiary/aromatic N) is 1. The second-order valence-corrected chi connectivity index (χ2v) is 10.7. The highest BCUT2D eigenvalue weighted by Gasteiger charge is 2.38. The first-order chi connectivity index (χ1) is 13.9. The summed E-state index contributed by atoms with van der Waals surface area (Å²) in [6, 6.07) is 9.73. The molecule has 3 rings (SSSR count). The largest absolute Gasteiger partial charge is 0.490 e. The van der Waals surface area contributed by atoms with E-state index >= 15 is 0 Å². The van der Waals surface area contributed by atoms with Gasteiger partial charge in [-0.15, -0.1) is 0 Å².